The zero-order chi connectivity index (χ0) is 8.15. The van der Waals surface area contributed by atoms with E-state index in [0.29, 0.717) is 6.29 Å². The summed E-state index contributed by atoms with van der Waals surface area (Å²) in [5.74, 6) is -2.23. The van der Waals surface area contributed by atoms with Crippen molar-refractivity contribution in [2.24, 2.45) is 5.92 Å². The fourth-order valence-corrected chi connectivity index (χ4v) is 0.515. The third-order valence-corrected chi connectivity index (χ3v) is 1.20. The maximum Gasteiger partial charge on any atom is 0.338 e. The summed E-state index contributed by atoms with van der Waals surface area (Å²) in [6, 6.07) is 0. The summed E-state index contributed by atoms with van der Waals surface area (Å²) in [7, 11) is 0. The smallest absolute Gasteiger partial charge is 0.338 e. The normalized spacial score (nSPS) is 15.8. The highest BCUT2D eigenvalue weighted by Gasteiger charge is 2.22. The molecule has 58 valence electrons. The first-order valence-corrected chi connectivity index (χ1v) is 2.90. The van der Waals surface area contributed by atoms with Crippen molar-refractivity contribution >= 4 is 12.3 Å². The maximum atomic E-state index is 12.3. The van der Waals surface area contributed by atoms with Gasteiger partial charge in [-0.2, -0.15) is 0 Å². The van der Waals surface area contributed by atoms with Crippen molar-refractivity contribution in [3.05, 3.63) is 0 Å². The van der Waals surface area contributed by atoms with Crippen LogP contribution < -0.4 is 0 Å². The van der Waals surface area contributed by atoms with Gasteiger partial charge in [-0.05, 0) is 0 Å². The van der Waals surface area contributed by atoms with Crippen molar-refractivity contribution in [3.8, 4) is 0 Å². The molecule has 0 aromatic carbocycles. The molecule has 0 saturated carbocycles. The second-order valence-electron chi connectivity index (χ2n) is 2.12. The predicted octanol–water partition coefficient (Wildman–Crippen LogP) is 0.634. The van der Waals surface area contributed by atoms with Crippen LogP contribution in [-0.4, -0.2) is 23.5 Å². The Morgan fingerprint density at radius 1 is 1.80 bits per heavy atom. The zero-order valence-corrected chi connectivity index (χ0v) is 5.58. The van der Waals surface area contributed by atoms with E-state index >= 15 is 0 Å². The van der Waals surface area contributed by atoms with Crippen LogP contribution in [0.2, 0.25) is 0 Å². The van der Waals surface area contributed by atoms with Crippen molar-refractivity contribution in [1.29, 1.82) is 0 Å². The topological polar surface area (TPSA) is 54.4 Å². The minimum atomic E-state index is -1.93. The first kappa shape index (κ1) is 9.07. The molecule has 0 spiro atoms. The van der Waals surface area contributed by atoms with E-state index in [-0.39, 0.29) is 6.42 Å². The quantitative estimate of drug-likeness (QED) is 0.595. The molecule has 0 bridgehead atoms. The van der Waals surface area contributed by atoms with Crippen molar-refractivity contribution < 1.29 is 19.1 Å². The Morgan fingerprint density at radius 2 is 2.30 bits per heavy atom. The van der Waals surface area contributed by atoms with Crippen LogP contribution in [0, 0.1) is 5.92 Å². The fraction of sp³-hybridized carbons (Fsp3) is 0.667. The Hall–Kier alpha value is -0.930. The lowest BCUT2D eigenvalue weighted by Gasteiger charge is -2.07. The van der Waals surface area contributed by atoms with E-state index in [1.807, 2.05) is 0 Å². The molecule has 2 atom stereocenters. The molecule has 0 aromatic rings. The molecular formula is C6H9FO3. The van der Waals surface area contributed by atoms with Crippen molar-refractivity contribution in [2.75, 3.05) is 0 Å². The predicted molar refractivity (Wildman–Crippen MR) is 32.4 cm³/mol. The Morgan fingerprint density at radius 3 is 2.60 bits per heavy atom. The van der Waals surface area contributed by atoms with E-state index < -0.39 is 18.1 Å². The van der Waals surface area contributed by atoms with Crippen molar-refractivity contribution in [1.82, 2.24) is 0 Å². The number of hydrogen-bond donors (Lipinski definition) is 1. The lowest BCUT2D eigenvalue weighted by Crippen LogP contribution is -2.23. The van der Waals surface area contributed by atoms with Gasteiger partial charge in [0.2, 0.25) is 0 Å². The number of aliphatic carboxylic acids is 1. The summed E-state index contributed by atoms with van der Waals surface area (Å²) in [6.07, 6.45) is -1.46. The van der Waals surface area contributed by atoms with E-state index in [2.05, 4.69) is 0 Å². The monoisotopic (exact) mass is 148 g/mol. The van der Waals surface area contributed by atoms with Crippen LogP contribution in [0.1, 0.15) is 13.3 Å². The van der Waals surface area contributed by atoms with Gasteiger partial charge in [-0.3, -0.25) is 0 Å². The second-order valence-corrected chi connectivity index (χ2v) is 2.12. The van der Waals surface area contributed by atoms with Crippen LogP contribution in [0.3, 0.4) is 0 Å². The molecule has 0 radical (unpaired) electrons. The number of aldehydes is 1. The molecule has 0 amide bonds. The summed E-state index contributed by atoms with van der Waals surface area (Å²) < 4.78 is 12.3. The van der Waals surface area contributed by atoms with E-state index in [1.165, 1.54) is 6.92 Å². The van der Waals surface area contributed by atoms with Gasteiger partial charge >= 0.3 is 5.97 Å². The highest BCUT2D eigenvalue weighted by atomic mass is 19.1. The largest absolute Gasteiger partial charge is 0.479 e. The molecule has 0 saturated heterocycles. The summed E-state index contributed by atoms with van der Waals surface area (Å²) in [6.45, 7) is 1.38. The molecule has 0 rings (SSSR count). The van der Waals surface area contributed by atoms with Gasteiger partial charge in [0.05, 0.1) is 0 Å². The van der Waals surface area contributed by atoms with Crippen LogP contribution in [0.5, 0.6) is 0 Å². The van der Waals surface area contributed by atoms with E-state index in [0.717, 1.165) is 0 Å². The zero-order valence-electron chi connectivity index (χ0n) is 5.58. The summed E-state index contributed by atoms with van der Waals surface area (Å²) in [5, 5.41) is 8.09. The highest BCUT2D eigenvalue weighted by Crippen LogP contribution is 2.09. The number of hydrogen-bond acceptors (Lipinski definition) is 2. The number of carboxylic acids is 1. The molecule has 4 heteroatoms. The molecule has 0 aliphatic carbocycles. The van der Waals surface area contributed by atoms with Gasteiger partial charge in [0.25, 0.3) is 0 Å². The van der Waals surface area contributed by atoms with Gasteiger partial charge in [0.15, 0.2) is 6.17 Å². The summed E-state index contributed by atoms with van der Waals surface area (Å²) >= 11 is 0. The van der Waals surface area contributed by atoms with Crippen molar-refractivity contribution in [2.45, 2.75) is 19.5 Å². The summed E-state index contributed by atoms with van der Waals surface area (Å²) in [4.78, 5) is 19.7. The van der Waals surface area contributed by atoms with Gasteiger partial charge in [-0.25, -0.2) is 9.18 Å². The Labute approximate surface area is 57.8 Å². The Bertz CT molecular complexity index is 135. The molecule has 0 aliphatic heterocycles. The third kappa shape index (κ3) is 2.57. The van der Waals surface area contributed by atoms with E-state index in [4.69, 9.17) is 5.11 Å². The minimum Gasteiger partial charge on any atom is -0.479 e. The van der Waals surface area contributed by atoms with Crippen LogP contribution in [0.4, 0.5) is 4.39 Å². The number of rotatable bonds is 4. The number of carbonyl (C=O) groups is 2. The van der Waals surface area contributed by atoms with E-state index in [1.54, 1.807) is 0 Å². The summed E-state index contributed by atoms with van der Waals surface area (Å²) in [5.41, 5.74) is 0. The molecule has 0 aliphatic rings. The van der Waals surface area contributed by atoms with Crippen molar-refractivity contribution in [3.63, 3.8) is 0 Å². The lowest BCUT2D eigenvalue weighted by atomic mass is 10.0. The molecule has 0 fully saturated rings. The number of halogens is 1. The second kappa shape index (κ2) is 3.98. The maximum absolute atomic E-state index is 12.3. The van der Waals surface area contributed by atoms with Gasteiger partial charge in [0, 0.05) is 12.3 Å². The average molecular weight is 148 g/mol. The SMILES string of the molecule is CC(CC=O)C(F)C(=O)O. The average Bonchev–Trinajstić information content (AvgIpc) is 1.87. The van der Waals surface area contributed by atoms with Gasteiger partial charge in [0.1, 0.15) is 6.29 Å². The van der Waals surface area contributed by atoms with Crippen LogP contribution in [-0.2, 0) is 9.59 Å². The molecule has 0 heterocycles. The number of carboxylic acid groups (broad SMARTS) is 1. The number of alkyl halides is 1. The van der Waals surface area contributed by atoms with Crippen LogP contribution in [0.25, 0.3) is 0 Å². The highest BCUT2D eigenvalue weighted by molar-refractivity contribution is 5.73. The lowest BCUT2D eigenvalue weighted by molar-refractivity contribution is -0.144. The van der Waals surface area contributed by atoms with Crippen LogP contribution >= 0.6 is 0 Å². The van der Waals surface area contributed by atoms with Gasteiger partial charge < -0.3 is 9.90 Å². The van der Waals surface area contributed by atoms with E-state index in [9.17, 15) is 14.0 Å². The van der Waals surface area contributed by atoms with Gasteiger partial charge in [-0.1, -0.05) is 6.92 Å². The third-order valence-electron chi connectivity index (χ3n) is 1.20. The fourth-order valence-electron chi connectivity index (χ4n) is 0.515. The van der Waals surface area contributed by atoms with Crippen LogP contribution in [0.15, 0.2) is 0 Å². The Balaban J connectivity index is 3.80. The first-order chi connectivity index (χ1) is 4.59. The number of carbonyl (C=O) groups excluding carboxylic acids is 1. The molecular weight excluding hydrogens is 139 g/mol. The standard InChI is InChI=1S/C6H9FO3/c1-4(2-3-8)5(7)6(9)10/h3-5H,2H2,1H3,(H,9,10). The molecule has 0 aromatic heterocycles. The molecule has 1 N–H and O–H groups in total. The van der Waals surface area contributed by atoms with Gasteiger partial charge in [-0.15, -0.1) is 0 Å². The minimum absolute atomic E-state index is 0.0481. The Kier molecular flexibility index (Phi) is 3.61. The first-order valence-electron chi connectivity index (χ1n) is 2.90. The molecule has 2 unspecified atom stereocenters. The molecule has 3 nitrogen and oxygen atoms in total. The molecule has 10 heavy (non-hydrogen) atoms.